The zero-order valence-corrected chi connectivity index (χ0v) is 15.0. The summed E-state index contributed by atoms with van der Waals surface area (Å²) in [6.45, 7) is 3.32. The largest absolute Gasteiger partial charge is 0.380 e. The summed E-state index contributed by atoms with van der Waals surface area (Å²) in [5.74, 6) is 0. The molecule has 0 fully saturated rings. The third-order valence-corrected chi connectivity index (χ3v) is 3.26. The molecular formula is C13H23N2O9P. The smallest absolute Gasteiger partial charge is 0.351 e. The quantitative estimate of drug-likeness (QED) is 0.343. The molecule has 144 valence electrons. The Balaban J connectivity index is 2.94. The first-order valence-electron chi connectivity index (χ1n) is 7.36. The molecule has 0 saturated heterocycles. The second-order valence-electron chi connectivity index (χ2n) is 5.34. The van der Waals surface area contributed by atoms with Gasteiger partial charge >= 0.3 is 13.3 Å². The van der Waals surface area contributed by atoms with Crippen LogP contribution in [0.2, 0.25) is 0 Å². The van der Waals surface area contributed by atoms with E-state index in [4.69, 9.17) is 28.7 Å². The van der Waals surface area contributed by atoms with Crippen molar-refractivity contribution in [3.63, 3.8) is 0 Å². The zero-order valence-electron chi connectivity index (χ0n) is 14.2. The maximum absolute atomic E-state index is 11.9. The molecule has 1 heterocycles. The summed E-state index contributed by atoms with van der Waals surface area (Å²) in [6.07, 6.45) is -2.02. The Bertz CT molecular complexity index is 681. The zero-order chi connectivity index (χ0) is 19.0. The molecule has 0 radical (unpaired) electrons. The number of methoxy groups -OCH3 is 1. The van der Waals surface area contributed by atoms with E-state index < -0.39 is 37.7 Å². The van der Waals surface area contributed by atoms with Crippen LogP contribution in [0.3, 0.4) is 0 Å². The summed E-state index contributed by atoms with van der Waals surface area (Å²) in [5.41, 5.74) is -1.30. The molecule has 0 spiro atoms. The minimum absolute atomic E-state index is 0.0800. The third-order valence-electron chi connectivity index (χ3n) is 2.77. The van der Waals surface area contributed by atoms with Crippen LogP contribution < -0.4 is 11.2 Å². The lowest BCUT2D eigenvalue weighted by Gasteiger charge is -2.26. The van der Waals surface area contributed by atoms with Gasteiger partial charge in [-0.05, 0) is 13.8 Å². The fourth-order valence-electron chi connectivity index (χ4n) is 1.73. The summed E-state index contributed by atoms with van der Waals surface area (Å²) < 4.78 is 33.0. The molecule has 0 bridgehead atoms. The van der Waals surface area contributed by atoms with Gasteiger partial charge in [0.05, 0.1) is 19.3 Å². The fourth-order valence-corrected chi connectivity index (χ4v) is 2.10. The maximum Gasteiger partial charge on any atom is 0.351 e. The highest BCUT2D eigenvalue weighted by molar-refractivity contribution is 7.51. The van der Waals surface area contributed by atoms with Crippen LogP contribution in [-0.4, -0.2) is 58.4 Å². The van der Waals surface area contributed by atoms with E-state index in [9.17, 15) is 14.2 Å². The molecule has 0 amide bonds. The van der Waals surface area contributed by atoms with E-state index in [0.717, 1.165) is 10.6 Å². The molecule has 0 unspecified atom stereocenters. The average Bonchev–Trinajstić information content (AvgIpc) is 2.48. The average molecular weight is 382 g/mol. The van der Waals surface area contributed by atoms with Crippen LogP contribution in [0.5, 0.6) is 0 Å². The van der Waals surface area contributed by atoms with Crippen molar-refractivity contribution < 1.29 is 33.3 Å². The first-order valence-corrected chi connectivity index (χ1v) is 9.15. The lowest BCUT2D eigenvalue weighted by atomic mass is 10.5. The van der Waals surface area contributed by atoms with Crippen molar-refractivity contribution in [2.24, 2.45) is 0 Å². The van der Waals surface area contributed by atoms with Gasteiger partial charge in [0.1, 0.15) is 0 Å². The maximum atomic E-state index is 11.9. The van der Waals surface area contributed by atoms with Gasteiger partial charge in [0, 0.05) is 19.4 Å². The lowest BCUT2D eigenvalue weighted by molar-refractivity contribution is -0.220. The number of H-pyrrole nitrogens is 1. The van der Waals surface area contributed by atoms with Gasteiger partial charge in [-0.1, -0.05) is 0 Å². The van der Waals surface area contributed by atoms with Gasteiger partial charge in [-0.15, -0.1) is 0 Å². The van der Waals surface area contributed by atoms with Gasteiger partial charge in [0.15, 0.2) is 18.9 Å². The second-order valence-corrected chi connectivity index (χ2v) is 6.92. The Morgan fingerprint density at radius 1 is 1.24 bits per heavy atom. The highest BCUT2D eigenvalue weighted by atomic mass is 31.2. The highest BCUT2D eigenvalue weighted by Crippen LogP contribution is 2.34. The van der Waals surface area contributed by atoms with Gasteiger partial charge in [-0.2, -0.15) is 0 Å². The summed E-state index contributed by atoms with van der Waals surface area (Å²) in [4.78, 5) is 43.0. The van der Waals surface area contributed by atoms with Crippen molar-refractivity contribution in [3.8, 4) is 0 Å². The van der Waals surface area contributed by atoms with E-state index in [0.29, 0.717) is 0 Å². The Morgan fingerprint density at radius 3 is 2.44 bits per heavy atom. The Hall–Kier alpha value is -1.33. The van der Waals surface area contributed by atoms with Crippen molar-refractivity contribution >= 4 is 7.60 Å². The van der Waals surface area contributed by atoms with E-state index in [1.807, 2.05) is 0 Å². The molecule has 1 aromatic heterocycles. The highest BCUT2D eigenvalue weighted by Gasteiger charge is 2.24. The molecule has 0 aliphatic heterocycles. The van der Waals surface area contributed by atoms with Crippen molar-refractivity contribution in [2.75, 3.05) is 26.7 Å². The van der Waals surface area contributed by atoms with Crippen molar-refractivity contribution in [1.29, 1.82) is 0 Å². The predicted octanol–water partition coefficient (Wildman–Crippen LogP) is -0.399. The normalized spacial score (nSPS) is 14.6. The minimum Gasteiger partial charge on any atom is -0.380 e. The SMILES string of the molecule is COC[C@@H](O[C@@H](COC(C)C)OCP(=O)(O)O)n1ccc(=O)[nH]c1=O. The van der Waals surface area contributed by atoms with Crippen molar-refractivity contribution in [2.45, 2.75) is 32.5 Å². The number of nitrogens with zero attached hydrogens (tertiary/aromatic N) is 1. The molecule has 0 aliphatic rings. The van der Waals surface area contributed by atoms with E-state index in [1.54, 1.807) is 13.8 Å². The molecule has 12 heteroatoms. The summed E-state index contributed by atoms with van der Waals surface area (Å²) in [5, 5.41) is 0. The molecule has 1 rings (SSSR count). The molecule has 0 saturated carbocycles. The van der Waals surface area contributed by atoms with E-state index in [-0.39, 0.29) is 19.3 Å². The monoisotopic (exact) mass is 382 g/mol. The fraction of sp³-hybridized carbons (Fsp3) is 0.692. The van der Waals surface area contributed by atoms with Crippen LogP contribution >= 0.6 is 7.60 Å². The van der Waals surface area contributed by atoms with E-state index >= 15 is 0 Å². The van der Waals surface area contributed by atoms with Gasteiger partial charge in [-0.3, -0.25) is 18.9 Å². The summed E-state index contributed by atoms with van der Waals surface area (Å²) in [7, 11) is -3.04. The van der Waals surface area contributed by atoms with Crippen molar-refractivity contribution in [3.05, 3.63) is 33.1 Å². The molecule has 2 atom stereocenters. The van der Waals surface area contributed by atoms with Gasteiger partial charge in [-0.25, -0.2) is 4.79 Å². The molecule has 25 heavy (non-hydrogen) atoms. The number of aromatic nitrogens is 2. The second kappa shape index (κ2) is 9.97. The first-order chi connectivity index (χ1) is 11.6. The summed E-state index contributed by atoms with van der Waals surface area (Å²) in [6, 6.07) is 1.13. The molecule has 1 aromatic rings. The van der Waals surface area contributed by atoms with Crippen molar-refractivity contribution in [1.82, 2.24) is 9.55 Å². The van der Waals surface area contributed by atoms with Gasteiger partial charge in [0.2, 0.25) is 0 Å². The number of rotatable bonds is 11. The van der Waals surface area contributed by atoms with Gasteiger partial charge in [0.25, 0.3) is 5.56 Å². The number of hydrogen-bond donors (Lipinski definition) is 3. The Kier molecular flexibility index (Phi) is 8.66. The Morgan fingerprint density at radius 2 is 1.92 bits per heavy atom. The Labute approximate surface area is 143 Å². The molecule has 11 nitrogen and oxygen atoms in total. The molecule has 0 aromatic carbocycles. The molecular weight excluding hydrogens is 359 g/mol. The topological polar surface area (TPSA) is 149 Å². The standard InChI is InChI=1S/C13H23N2O9P/c1-9(2)22-7-12(23-8-25(18,19)20)24-11(6-21-3)15-5-4-10(16)14-13(15)17/h4-5,9,11-12H,6-8H2,1-3H3,(H,14,16,17)(H2,18,19,20)/t11-,12+/m1/s1. The predicted molar refractivity (Wildman–Crippen MR) is 86.2 cm³/mol. The van der Waals surface area contributed by atoms with Crippen LogP contribution in [0.1, 0.15) is 20.1 Å². The summed E-state index contributed by atoms with van der Waals surface area (Å²) >= 11 is 0. The number of ether oxygens (including phenoxy) is 4. The van der Waals surface area contributed by atoms with Crippen LogP contribution in [0.25, 0.3) is 0 Å². The number of hydrogen-bond acceptors (Lipinski definition) is 7. The third kappa shape index (κ3) is 8.54. The van der Waals surface area contributed by atoms with Crippen LogP contribution in [0.4, 0.5) is 0 Å². The van der Waals surface area contributed by atoms with Crippen LogP contribution in [0.15, 0.2) is 21.9 Å². The van der Waals surface area contributed by atoms with E-state index in [1.165, 1.54) is 13.3 Å². The lowest BCUT2D eigenvalue weighted by Crippen LogP contribution is -2.38. The van der Waals surface area contributed by atoms with Crippen LogP contribution in [0, 0.1) is 0 Å². The molecule has 3 N–H and O–H groups in total. The molecule has 0 aliphatic carbocycles. The first kappa shape index (κ1) is 21.7. The number of nitrogens with one attached hydrogen (secondary N) is 1. The number of aromatic amines is 1. The van der Waals surface area contributed by atoms with E-state index in [2.05, 4.69) is 4.98 Å². The van der Waals surface area contributed by atoms with Gasteiger partial charge < -0.3 is 28.7 Å². The minimum atomic E-state index is -4.42. The van der Waals surface area contributed by atoms with Crippen LogP contribution in [-0.2, 0) is 23.5 Å².